The van der Waals surface area contributed by atoms with Crippen molar-refractivity contribution in [1.29, 1.82) is 0 Å². The van der Waals surface area contributed by atoms with Gasteiger partial charge < -0.3 is 10.6 Å². The molecule has 2 N–H and O–H groups in total. The Morgan fingerprint density at radius 1 is 1.24 bits per heavy atom. The van der Waals surface area contributed by atoms with Gasteiger partial charge in [0.25, 0.3) is 0 Å². The molecule has 0 bridgehead atoms. The third-order valence-electron chi connectivity index (χ3n) is 4.02. The SMILES string of the molecule is CSC1CCC(NC(=O)[C@H]2CCCNC2)CC1. The smallest absolute Gasteiger partial charge is 0.224 e. The first-order valence-electron chi connectivity index (χ1n) is 6.83. The van der Waals surface area contributed by atoms with Crippen molar-refractivity contribution in [3.8, 4) is 0 Å². The van der Waals surface area contributed by atoms with E-state index in [2.05, 4.69) is 16.9 Å². The first-order chi connectivity index (χ1) is 8.29. The van der Waals surface area contributed by atoms with Gasteiger partial charge in [-0.25, -0.2) is 0 Å². The third kappa shape index (κ3) is 3.88. The number of piperidine rings is 1. The number of hydrogen-bond donors (Lipinski definition) is 2. The zero-order valence-corrected chi connectivity index (χ0v) is 11.5. The van der Waals surface area contributed by atoms with Crippen LogP contribution < -0.4 is 10.6 Å². The summed E-state index contributed by atoms with van der Waals surface area (Å²) in [7, 11) is 0. The van der Waals surface area contributed by atoms with Crippen molar-refractivity contribution in [3.05, 3.63) is 0 Å². The van der Waals surface area contributed by atoms with Gasteiger partial charge in [0.1, 0.15) is 0 Å². The number of hydrogen-bond acceptors (Lipinski definition) is 3. The molecule has 0 aromatic rings. The highest BCUT2D eigenvalue weighted by atomic mass is 32.2. The summed E-state index contributed by atoms with van der Waals surface area (Å²) < 4.78 is 0. The molecular weight excluding hydrogens is 232 g/mol. The molecule has 3 nitrogen and oxygen atoms in total. The molecule has 1 saturated carbocycles. The van der Waals surface area contributed by atoms with E-state index in [4.69, 9.17) is 0 Å². The number of carbonyl (C=O) groups excluding carboxylic acids is 1. The lowest BCUT2D eigenvalue weighted by Crippen LogP contribution is -2.45. The topological polar surface area (TPSA) is 41.1 Å². The van der Waals surface area contributed by atoms with Crippen LogP contribution in [0.5, 0.6) is 0 Å². The second kappa shape index (κ2) is 6.64. The number of rotatable bonds is 3. The maximum atomic E-state index is 12.1. The van der Waals surface area contributed by atoms with Gasteiger partial charge in [0.05, 0.1) is 5.92 Å². The van der Waals surface area contributed by atoms with Gasteiger partial charge in [-0.15, -0.1) is 0 Å². The monoisotopic (exact) mass is 256 g/mol. The highest BCUT2D eigenvalue weighted by molar-refractivity contribution is 7.99. The highest BCUT2D eigenvalue weighted by Gasteiger charge is 2.26. The fourth-order valence-electron chi connectivity index (χ4n) is 2.84. The van der Waals surface area contributed by atoms with Crippen LogP contribution in [-0.4, -0.2) is 36.5 Å². The van der Waals surface area contributed by atoms with Gasteiger partial charge in [-0.05, 0) is 51.3 Å². The van der Waals surface area contributed by atoms with E-state index in [1.807, 2.05) is 11.8 Å². The van der Waals surface area contributed by atoms with Gasteiger partial charge in [-0.2, -0.15) is 11.8 Å². The lowest BCUT2D eigenvalue weighted by Gasteiger charge is -2.30. The maximum absolute atomic E-state index is 12.1. The van der Waals surface area contributed by atoms with Crippen LogP contribution in [0.3, 0.4) is 0 Å². The average Bonchev–Trinajstić information content (AvgIpc) is 2.40. The Labute approximate surface area is 108 Å². The fraction of sp³-hybridized carbons (Fsp3) is 0.923. The maximum Gasteiger partial charge on any atom is 0.224 e. The number of nitrogens with one attached hydrogen (secondary N) is 2. The summed E-state index contributed by atoms with van der Waals surface area (Å²) in [6.45, 7) is 1.94. The molecule has 1 saturated heterocycles. The highest BCUT2D eigenvalue weighted by Crippen LogP contribution is 2.27. The molecule has 0 unspecified atom stereocenters. The lowest BCUT2D eigenvalue weighted by atomic mass is 9.93. The lowest BCUT2D eigenvalue weighted by molar-refractivity contribution is -0.126. The number of carbonyl (C=O) groups is 1. The summed E-state index contributed by atoms with van der Waals surface area (Å²) >= 11 is 1.97. The average molecular weight is 256 g/mol. The minimum atomic E-state index is 0.210. The summed E-state index contributed by atoms with van der Waals surface area (Å²) in [5.74, 6) is 0.492. The Hall–Kier alpha value is -0.220. The third-order valence-corrected chi connectivity index (χ3v) is 5.16. The Bertz CT molecular complexity index is 246. The predicted molar refractivity (Wildman–Crippen MR) is 73.3 cm³/mol. The van der Waals surface area contributed by atoms with Crippen LogP contribution in [0.25, 0.3) is 0 Å². The minimum Gasteiger partial charge on any atom is -0.353 e. The molecule has 98 valence electrons. The van der Waals surface area contributed by atoms with E-state index in [1.54, 1.807) is 0 Å². The van der Waals surface area contributed by atoms with Gasteiger partial charge >= 0.3 is 0 Å². The van der Waals surface area contributed by atoms with Crippen LogP contribution in [0.4, 0.5) is 0 Å². The second-order valence-electron chi connectivity index (χ2n) is 5.26. The van der Waals surface area contributed by atoms with Crippen LogP contribution in [0, 0.1) is 5.92 Å². The standard InChI is InChI=1S/C13H24N2OS/c1-17-12-6-4-11(5-7-12)15-13(16)10-3-2-8-14-9-10/h10-12,14H,2-9H2,1H3,(H,15,16)/t10-,11?,12?/m0/s1. The van der Waals surface area contributed by atoms with E-state index in [-0.39, 0.29) is 11.8 Å². The molecule has 2 fully saturated rings. The molecular formula is C13H24N2OS. The van der Waals surface area contributed by atoms with Crippen molar-refractivity contribution in [2.45, 2.75) is 49.8 Å². The molecule has 0 aromatic heterocycles. The molecule has 2 rings (SSSR count). The molecule has 1 aliphatic heterocycles. The molecule has 1 aliphatic carbocycles. The van der Waals surface area contributed by atoms with Crippen LogP contribution in [0.1, 0.15) is 38.5 Å². The van der Waals surface area contributed by atoms with Crippen molar-refractivity contribution in [2.75, 3.05) is 19.3 Å². The zero-order valence-electron chi connectivity index (χ0n) is 10.7. The summed E-state index contributed by atoms with van der Waals surface area (Å²) in [6.07, 6.45) is 9.23. The van der Waals surface area contributed by atoms with Gasteiger partial charge in [0.2, 0.25) is 5.91 Å². The van der Waals surface area contributed by atoms with Crippen LogP contribution in [-0.2, 0) is 4.79 Å². The summed E-state index contributed by atoms with van der Waals surface area (Å²) in [5.41, 5.74) is 0. The minimum absolute atomic E-state index is 0.210. The van der Waals surface area contributed by atoms with E-state index in [9.17, 15) is 4.79 Å². The normalized spacial score (nSPS) is 34.3. The van der Waals surface area contributed by atoms with Gasteiger partial charge in [-0.3, -0.25) is 4.79 Å². The van der Waals surface area contributed by atoms with Crippen molar-refractivity contribution < 1.29 is 4.79 Å². The molecule has 2 aliphatic rings. The Morgan fingerprint density at radius 2 is 2.00 bits per heavy atom. The van der Waals surface area contributed by atoms with E-state index in [0.717, 1.165) is 44.0 Å². The zero-order chi connectivity index (χ0) is 12.1. The first-order valence-corrected chi connectivity index (χ1v) is 8.12. The molecule has 0 aromatic carbocycles. The largest absolute Gasteiger partial charge is 0.353 e. The number of amides is 1. The van der Waals surface area contributed by atoms with Gasteiger partial charge in [0.15, 0.2) is 0 Å². The quantitative estimate of drug-likeness (QED) is 0.809. The fourth-order valence-corrected chi connectivity index (χ4v) is 3.58. The second-order valence-corrected chi connectivity index (χ2v) is 6.40. The first kappa shape index (κ1) is 13.2. The molecule has 1 atom stereocenters. The van der Waals surface area contributed by atoms with Gasteiger partial charge in [-0.1, -0.05) is 0 Å². The van der Waals surface area contributed by atoms with Crippen molar-refractivity contribution in [2.24, 2.45) is 5.92 Å². The van der Waals surface area contributed by atoms with Gasteiger partial charge in [0, 0.05) is 17.8 Å². The molecule has 17 heavy (non-hydrogen) atoms. The molecule has 0 radical (unpaired) electrons. The van der Waals surface area contributed by atoms with Crippen LogP contribution >= 0.6 is 11.8 Å². The molecule has 1 amide bonds. The molecule has 1 heterocycles. The molecule has 4 heteroatoms. The van der Waals surface area contributed by atoms with E-state index >= 15 is 0 Å². The molecule has 0 spiro atoms. The summed E-state index contributed by atoms with van der Waals surface area (Å²) in [4.78, 5) is 12.1. The Balaban J connectivity index is 1.71. The summed E-state index contributed by atoms with van der Waals surface area (Å²) in [6, 6.07) is 0.438. The number of thioether (sulfide) groups is 1. The predicted octanol–water partition coefficient (Wildman–Crippen LogP) is 1.78. The van der Waals surface area contributed by atoms with Crippen molar-refractivity contribution in [3.63, 3.8) is 0 Å². The van der Waals surface area contributed by atoms with Crippen LogP contribution in [0.2, 0.25) is 0 Å². The van der Waals surface area contributed by atoms with Crippen molar-refractivity contribution >= 4 is 17.7 Å². The Morgan fingerprint density at radius 3 is 2.59 bits per heavy atom. The summed E-state index contributed by atoms with van der Waals surface area (Å²) in [5, 5.41) is 7.37. The van der Waals surface area contributed by atoms with E-state index in [0.29, 0.717) is 6.04 Å². The van der Waals surface area contributed by atoms with E-state index in [1.165, 1.54) is 12.8 Å². The van der Waals surface area contributed by atoms with Crippen molar-refractivity contribution in [1.82, 2.24) is 10.6 Å². The van der Waals surface area contributed by atoms with E-state index < -0.39 is 0 Å². The Kier molecular flexibility index (Phi) is 5.16. The van der Waals surface area contributed by atoms with Crippen LogP contribution in [0.15, 0.2) is 0 Å².